The fourth-order valence-electron chi connectivity index (χ4n) is 5.76. The van der Waals surface area contributed by atoms with Gasteiger partial charge in [-0.15, -0.1) is 0 Å². The first kappa shape index (κ1) is 28.2. The number of hydrogen-bond donors (Lipinski definition) is 2. The average molecular weight is 513 g/mol. The molecule has 2 aliphatic rings. The number of amides is 1. The number of ether oxygens (including phenoxy) is 2. The van der Waals surface area contributed by atoms with Gasteiger partial charge in [0.2, 0.25) is 0 Å². The Bertz CT molecular complexity index is 807. The Morgan fingerprint density at radius 2 is 2.03 bits per heavy atom. The van der Waals surface area contributed by atoms with Crippen LogP contribution in [-0.2, 0) is 15.1 Å². The Labute approximate surface area is 214 Å². The summed E-state index contributed by atoms with van der Waals surface area (Å²) in [5.41, 5.74) is 5.01. The summed E-state index contributed by atoms with van der Waals surface area (Å²) in [6, 6.07) is 4.57. The Morgan fingerprint density at radius 1 is 1.26 bits per heavy atom. The van der Waals surface area contributed by atoms with Crippen LogP contribution in [0, 0.1) is 17.7 Å². The molecule has 1 heterocycles. The van der Waals surface area contributed by atoms with E-state index in [9.17, 15) is 9.90 Å². The van der Waals surface area contributed by atoms with Crippen LogP contribution < -0.4 is 5.73 Å². The molecule has 6 nitrogen and oxygen atoms in total. The lowest BCUT2D eigenvalue weighted by molar-refractivity contribution is -0.0625. The maximum atomic E-state index is 15.0. The fraction of sp³-hybridized carbons (Fsp3) is 0.741. The molecule has 3 rings (SSSR count). The van der Waals surface area contributed by atoms with Gasteiger partial charge in [-0.2, -0.15) is 0 Å². The van der Waals surface area contributed by atoms with Gasteiger partial charge >= 0.3 is 6.09 Å². The molecular weight excluding hydrogens is 471 g/mol. The molecule has 1 amide bonds. The summed E-state index contributed by atoms with van der Waals surface area (Å²) in [4.78, 5) is 14.5. The Balaban J connectivity index is 1.63. The molecule has 35 heavy (non-hydrogen) atoms. The lowest BCUT2D eigenvalue weighted by atomic mass is 9.74. The fourth-order valence-corrected chi connectivity index (χ4v) is 5.93. The van der Waals surface area contributed by atoms with Gasteiger partial charge in [0, 0.05) is 44.3 Å². The highest BCUT2D eigenvalue weighted by Crippen LogP contribution is 2.42. The number of benzene rings is 1. The van der Waals surface area contributed by atoms with Gasteiger partial charge < -0.3 is 25.2 Å². The van der Waals surface area contributed by atoms with Gasteiger partial charge in [0.1, 0.15) is 12.4 Å². The molecule has 1 saturated carbocycles. The number of carbonyl (C=O) groups is 1. The smallest absolute Gasteiger partial charge is 0.409 e. The highest BCUT2D eigenvalue weighted by Gasteiger charge is 2.43. The van der Waals surface area contributed by atoms with Crippen LogP contribution in [0.1, 0.15) is 76.2 Å². The first-order valence-electron chi connectivity index (χ1n) is 13.2. The van der Waals surface area contributed by atoms with Crippen molar-refractivity contribution in [2.75, 3.05) is 33.4 Å². The molecule has 1 saturated heterocycles. The van der Waals surface area contributed by atoms with Crippen LogP contribution >= 0.6 is 11.6 Å². The predicted molar refractivity (Wildman–Crippen MR) is 136 cm³/mol. The third-order valence-electron chi connectivity index (χ3n) is 7.71. The van der Waals surface area contributed by atoms with Crippen molar-refractivity contribution in [3.63, 3.8) is 0 Å². The molecule has 3 atom stereocenters. The average Bonchev–Trinajstić information content (AvgIpc) is 2.87. The summed E-state index contributed by atoms with van der Waals surface area (Å²) in [5, 5.41) is 11.9. The molecule has 1 aliphatic heterocycles. The maximum absolute atomic E-state index is 15.0. The molecule has 1 aromatic carbocycles. The number of carbonyl (C=O) groups excluding carboxylic acids is 1. The summed E-state index contributed by atoms with van der Waals surface area (Å²) < 4.78 is 25.8. The van der Waals surface area contributed by atoms with Crippen molar-refractivity contribution in [3.05, 3.63) is 34.6 Å². The molecule has 0 bridgehead atoms. The van der Waals surface area contributed by atoms with E-state index >= 15 is 4.39 Å². The van der Waals surface area contributed by atoms with Crippen LogP contribution in [0.3, 0.4) is 0 Å². The van der Waals surface area contributed by atoms with E-state index < -0.39 is 17.5 Å². The van der Waals surface area contributed by atoms with Crippen LogP contribution in [-0.4, -0.2) is 55.6 Å². The topological polar surface area (TPSA) is 85.0 Å². The zero-order valence-corrected chi connectivity index (χ0v) is 21.8. The summed E-state index contributed by atoms with van der Waals surface area (Å²) >= 11 is 6.06. The van der Waals surface area contributed by atoms with Crippen LogP contribution in [0.4, 0.5) is 9.18 Å². The van der Waals surface area contributed by atoms with Crippen LogP contribution in [0.5, 0.6) is 0 Å². The summed E-state index contributed by atoms with van der Waals surface area (Å²) in [6.45, 7) is 1.60. The van der Waals surface area contributed by atoms with Crippen molar-refractivity contribution in [3.8, 4) is 0 Å². The lowest BCUT2D eigenvalue weighted by Crippen LogP contribution is -2.49. The standard InChI is InChI=1S/C27H42ClFN2O4/c1-34-16-6-5-14-27(33,23-12-7-13-24(28)25(23)29)21-11-8-15-31(18-21)26(32)35-19-22(30)17-20-9-3-2-4-10-20/h7,12-13,20-22,33H,2-6,8-11,14-19,30H2,1H3. The molecule has 0 spiro atoms. The van der Waals surface area contributed by atoms with E-state index in [1.54, 1.807) is 24.1 Å². The number of nitrogens with zero attached hydrogens (tertiary/aromatic N) is 1. The van der Waals surface area contributed by atoms with Crippen molar-refractivity contribution in [2.24, 2.45) is 17.6 Å². The second-order valence-corrected chi connectivity index (χ2v) is 10.7. The number of halogens is 2. The van der Waals surface area contributed by atoms with E-state index in [2.05, 4.69) is 0 Å². The molecule has 8 heteroatoms. The largest absolute Gasteiger partial charge is 0.448 e. The van der Waals surface area contributed by atoms with Crippen LogP contribution in [0.25, 0.3) is 0 Å². The maximum Gasteiger partial charge on any atom is 0.409 e. The van der Waals surface area contributed by atoms with E-state index in [1.165, 1.54) is 38.2 Å². The Morgan fingerprint density at radius 3 is 2.77 bits per heavy atom. The highest BCUT2D eigenvalue weighted by atomic mass is 35.5. The second kappa shape index (κ2) is 13.8. The molecule has 1 aromatic rings. The first-order valence-corrected chi connectivity index (χ1v) is 13.6. The van der Waals surface area contributed by atoms with E-state index in [0.717, 1.165) is 12.8 Å². The predicted octanol–water partition coefficient (Wildman–Crippen LogP) is 5.63. The minimum atomic E-state index is -1.45. The number of nitrogens with two attached hydrogens (primary N) is 1. The molecule has 3 N–H and O–H groups in total. The van der Waals surface area contributed by atoms with Crippen molar-refractivity contribution in [1.29, 1.82) is 0 Å². The van der Waals surface area contributed by atoms with E-state index in [-0.39, 0.29) is 29.2 Å². The van der Waals surface area contributed by atoms with Crippen LogP contribution in [0.2, 0.25) is 5.02 Å². The van der Waals surface area contributed by atoms with Gasteiger partial charge in [-0.1, -0.05) is 55.8 Å². The summed E-state index contributed by atoms with van der Waals surface area (Å²) in [5.74, 6) is -0.315. The third-order valence-corrected chi connectivity index (χ3v) is 8.00. The third kappa shape index (κ3) is 7.78. The van der Waals surface area contributed by atoms with Gasteiger partial charge in [-0.25, -0.2) is 9.18 Å². The summed E-state index contributed by atoms with van der Waals surface area (Å²) in [6.07, 6.45) is 9.84. The van der Waals surface area contributed by atoms with Gasteiger partial charge in [-0.05, 0) is 50.5 Å². The van der Waals surface area contributed by atoms with E-state index in [4.69, 9.17) is 26.8 Å². The molecule has 3 unspecified atom stereocenters. The van der Waals surface area contributed by atoms with Crippen molar-refractivity contribution >= 4 is 17.7 Å². The number of rotatable bonds is 11. The Kier molecular flexibility index (Phi) is 11.1. The minimum Gasteiger partial charge on any atom is -0.448 e. The van der Waals surface area contributed by atoms with Crippen molar-refractivity contribution in [1.82, 2.24) is 4.90 Å². The Hall–Kier alpha value is -1.41. The molecule has 0 aromatic heterocycles. The zero-order chi connectivity index (χ0) is 25.3. The lowest BCUT2D eigenvalue weighted by Gasteiger charge is -2.42. The van der Waals surface area contributed by atoms with E-state index in [1.807, 2.05) is 0 Å². The van der Waals surface area contributed by atoms with Gasteiger partial charge in [0.15, 0.2) is 0 Å². The zero-order valence-electron chi connectivity index (χ0n) is 21.0. The van der Waals surface area contributed by atoms with Gasteiger partial charge in [-0.3, -0.25) is 0 Å². The minimum absolute atomic E-state index is 0.0168. The van der Waals surface area contributed by atoms with Gasteiger partial charge in [0.25, 0.3) is 0 Å². The van der Waals surface area contributed by atoms with Crippen LogP contribution in [0.15, 0.2) is 18.2 Å². The van der Waals surface area contributed by atoms with Crippen molar-refractivity contribution < 1.29 is 23.8 Å². The monoisotopic (exact) mass is 512 g/mol. The molecular formula is C27H42ClFN2O4. The number of aliphatic hydroxyl groups is 1. The number of methoxy groups -OCH3 is 1. The number of piperidine rings is 1. The number of likely N-dealkylation sites (tertiary alicyclic amines) is 1. The summed E-state index contributed by atoms with van der Waals surface area (Å²) in [7, 11) is 1.63. The molecule has 2 fully saturated rings. The van der Waals surface area contributed by atoms with Crippen molar-refractivity contribution in [2.45, 2.75) is 82.3 Å². The first-order chi connectivity index (χ1) is 16.8. The number of hydrogen-bond acceptors (Lipinski definition) is 5. The quantitative estimate of drug-likeness (QED) is 0.375. The second-order valence-electron chi connectivity index (χ2n) is 10.3. The SMILES string of the molecule is COCCCCC(O)(c1cccc(Cl)c1F)C1CCCN(C(=O)OCC(N)CC2CCCCC2)C1. The molecule has 1 aliphatic carbocycles. The van der Waals surface area contributed by atoms with E-state index in [0.29, 0.717) is 51.3 Å². The molecule has 0 radical (unpaired) electrons. The normalized spacial score (nSPS) is 22.0. The highest BCUT2D eigenvalue weighted by molar-refractivity contribution is 6.30. The van der Waals surface area contributed by atoms with Gasteiger partial charge in [0.05, 0.1) is 10.6 Å². The molecule has 198 valence electrons. The number of unbranched alkanes of at least 4 members (excludes halogenated alkanes) is 1.